The second kappa shape index (κ2) is 2.74. The second-order valence-electron chi connectivity index (χ2n) is 3.88. The maximum absolute atomic E-state index is 4.52. The number of pyridine rings is 1. The van der Waals surface area contributed by atoms with E-state index in [1.165, 1.54) is 18.4 Å². The monoisotopic (exact) mass is 187 g/mol. The van der Waals surface area contributed by atoms with E-state index < -0.39 is 0 Å². The van der Waals surface area contributed by atoms with Crippen molar-refractivity contribution in [1.29, 1.82) is 0 Å². The molecule has 0 atom stereocenters. The predicted octanol–water partition coefficient (Wildman–Crippen LogP) is 2.22. The Hall–Kier alpha value is -1.51. The molecule has 0 amide bonds. The van der Waals surface area contributed by atoms with Gasteiger partial charge in [0.2, 0.25) is 0 Å². The molecule has 0 radical (unpaired) electrons. The second-order valence-corrected chi connectivity index (χ2v) is 3.88. The Bertz CT molecular complexity index is 468. The van der Waals surface area contributed by atoms with Gasteiger partial charge in [-0.1, -0.05) is 6.07 Å². The number of fused-ring (bicyclic) bond motifs is 1. The Morgan fingerprint density at radius 2 is 2.29 bits per heavy atom. The minimum Gasteiger partial charge on any atom is -0.366 e. The zero-order valence-corrected chi connectivity index (χ0v) is 8.20. The van der Waals surface area contributed by atoms with Gasteiger partial charge in [-0.15, -0.1) is 0 Å². The van der Waals surface area contributed by atoms with Crippen LogP contribution in [-0.4, -0.2) is 15.4 Å². The van der Waals surface area contributed by atoms with Crippen LogP contribution in [0.5, 0.6) is 0 Å². The lowest BCUT2D eigenvalue weighted by molar-refractivity contribution is 1.04. The molecule has 72 valence electrons. The molecule has 2 aromatic heterocycles. The summed E-state index contributed by atoms with van der Waals surface area (Å²) in [6.45, 7) is 2.03. The fourth-order valence-corrected chi connectivity index (χ4v) is 1.72. The summed E-state index contributed by atoms with van der Waals surface area (Å²) in [7, 11) is 0. The Balaban J connectivity index is 2.12. The molecule has 1 aliphatic rings. The van der Waals surface area contributed by atoms with Gasteiger partial charge in [0.05, 0.1) is 5.52 Å². The highest BCUT2D eigenvalue weighted by atomic mass is 15.1. The summed E-state index contributed by atoms with van der Waals surface area (Å²) in [4.78, 5) is 4.52. The van der Waals surface area contributed by atoms with Crippen LogP contribution < -0.4 is 5.32 Å². The molecule has 1 saturated carbocycles. The zero-order chi connectivity index (χ0) is 9.54. The van der Waals surface area contributed by atoms with Gasteiger partial charge in [0, 0.05) is 12.2 Å². The number of hydrogen-bond donors (Lipinski definition) is 1. The van der Waals surface area contributed by atoms with E-state index in [4.69, 9.17) is 0 Å². The molecular weight excluding hydrogens is 174 g/mol. The van der Waals surface area contributed by atoms with Crippen molar-refractivity contribution >= 4 is 11.3 Å². The number of nitrogens with one attached hydrogen (secondary N) is 1. The summed E-state index contributed by atoms with van der Waals surface area (Å²) in [5.74, 6) is 2.08. The number of nitrogens with zero attached hydrogens (tertiary/aromatic N) is 2. The molecule has 3 rings (SSSR count). The molecule has 1 aliphatic carbocycles. The fraction of sp³-hybridized carbons (Fsp3) is 0.364. The summed E-state index contributed by atoms with van der Waals surface area (Å²) in [5.41, 5.74) is 1.18. The lowest BCUT2D eigenvalue weighted by Crippen LogP contribution is -2.01. The highest BCUT2D eigenvalue weighted by Crippen LogP contribution is 2.26. The highest BCUT2D eigenvalue weighted by molar-refractivity contribution is 5.69. The first kappa shape index (κ1) is 7.85. The van der Waals surface area contributed by atoms with Crippen molar-refractivity contribution in [3.8, 4) is 0 Å². The van der Waals surface area contributed by atoms with Crippen molar-refractivity contribution in [2.45, 2.75) is 25.8 Å². The van der Waals surface area contributed by atoms with E-state index in [9.17, 15) is 0 Å². The smallest absolute Gasteiger partial charge is 0.152 e. The van der Waals surface area contributed by atoms with Gasteiger partial charge in [0.15, 0.2) is 5.82 Å². The van der Waals surface area contributed by atoms with Crippen LogP contribution in [0, 0.1) is 6.92 Å². The molecule has 1 N–H and O–H groups in total. The number of aryl methyl sites for hydroxylation is 1. The molecule has 2 heterocycles. The van der Waals surface area contributed by atoms with Crippen LogP contribution in [0.3, 0.4) is 0 Å². The molecule has 0 spiro atoms. The van der Waals surface area contributed by atoms with Gasteiger partial charge in [-0.05, 0) is 31.9 Å². The Labute approximate surface area is 82.8 Å². The lowest BCUT2D eigenvalue weighted by Gasteiger charge is -1.99. The summed E-state index contributed by atoms with van der Waals surface area (Å²) < 4.78 is 2.12. The van der Waals surface area contributed by atoms with Gasteiger partial charge in [-0.25, -0.2) is 4.98 Å². The number of aromatic nitrogens is 2. The van der Waals surface area contributed by atoms with Crippen LogP contribution in [0.15, 0.2) is 24.4 Å². The van der Waals surface area contributed by atoms with E-state index in [-0.39, 0.29) is 0 Å². The van der Waals surface area contributed by atoms with E-state index in [2.05, 4.69) is 33.0 Å². The van der Waals surface area contributed by atoms with E-state index in [0.29, 0.717) is 6.04 Å². The molecule has 0 unspecified atom stereocenters. The van der Waals surface area contributed by atoms with Gasteiger partial charge >= 0.3 is 0 Å². The van der Waals surface area contributed by atoms with Crippen LogP contribution in [0.1, 0.15) is 18.7 Å². The topological polar surface area (TPSA) is 29.3 Å². The summed E-state index contributed by atoms with van der Waals surface area (Å²) in [6, 6.07) is 6.84. The quantitative estimate of drug-likeness (QED) is 0.781. The average Bonchev–Trinajstić information content (AvgIpc) is 2.95. The van der Waals surface area contributed by atoms with Gasteiger partial charge in [0.25, 0.3) is 0 Å². The van der Waals surface area contributed by atoms with Gasteiger partial charge in [-0.3, -0.25) is 0 Å². The molecule has 0 aromatic carbocycles. The first-order valence-electron chi connectivity index (χ1n) is 5.05. The number of imidazole rings is 1. The van der Waals surface area contributed by atoms with Crippen LogP contribution in [0.2, 0.25) is 0 Å². The molecule has 1 fully saturated rings. The van der Waals surface area contributed by atoms with Crippen molar-refractivity contribution in [1.82, 2.24) is 9.38 Å². The fourth-order valence-electron chi connectivity index (χ4n) is 1.72. The number of rotatable bonds is 2. The van der Waals surface area contributed by atoms with Crippen molar-refractivity contribution in [2.24, 2.45) is 0 Å². The molecule has 3 nitrogen and oxygen atoms in total. The van der Waals surface area contributed by atoms with Gasteiger partial charge in [-0.2, -0.15) is 0 Å². The van der Waals surface area contributed by atoms with Gasteiger partial charge < -0.3 is 9.72 Å². The maximum atomic E-state index is 4.52. The van der Waals surface area contributed by atoms with Crippen LogP contribution in [0.4, 0.5) is 5.82 Å². The van der Waals surface area contributed by atoms with Crippen LogP contribution in [-0.2, 0) is 0 Å². The van der Waals surface area contributed by atoms with Crippen LogP contribution >= 0.6 is 0 Å². The van der Waals surface area contributed by atoms with Gasteiger partial charge in [0.1, 0.15) is 5.82 Å². The lowest BCUT2D eigenvalue weighted by atomic mass is 10.4. The molecule has 3 heteroatoms. The Morgan fingerprint density at radius 1 is 1.43 bits per heavy atom. The van der Waals surface area contributed by atoms with Crippen LogP contribution in [0.25, 0.3) is 5.52 Å². The number of hydrogen-bond acceptors (Lipinski definition) is 2. The van der Waals surface area contributed by atoms with E-state index in [0.717, 1.165) is 11.6 Å². The van der Waals surface area contributed by atoms with Crippen molar-refractivity contribution in [2.75, 3.05) is 5.32 Å². The first-order valence-corrected chi connectivity index (χ1v) is 5.05. The number of anilines is 1. The normalized spacial score (nSPS) is 16.1. The van der Waals surface area contributed by atoms with Crippen molar-refractivity contribution < 1.29 is 0 Å². The van der Waals surface area contributed by atoms with E-state index in [1.807, 2.05) is 13.0 Å². The molecule has 0 bridgehead atoms. The minimum absolute atomic E-state index is 0.660. The third-order valence-electron chi connectivity index (χ3n) is 2.64. The highest BCUT2D eigenvalue weighted by Gasteiger charge is 2.22. The maximum Gasteiger partial charge on any atom is 0.152 e. The SMILES string of the molecule is Cc1nc(NC2CC2)c2ccccn12. The Kier molecular flexibility index (Phi) is 1.54. The molecular formula is C11H13N3. The standard InChI is InChI=1S/C11H13N3/c1-8-12-11(13-9-5-6-9)10-4-2-3-7-14(8)10/h2-4,7,9,13H,5-6H2,1H3. The third-order valence-corrected chi connectivity index (χ3v) is 2.64. The molecule has 0 saturated heterocycles. The average molecular weight is 187 g/mol. The zero-order valence-electron chi connectivity index (χ0n) is 8.20. The molecule has 0 aliphatic heterocycles. The third kappa shape index (κ3) is 1.16. The largest absolute Gasteiger partial charge is 0.366 e. The Morgan fingerprint density at radius 3 is 3.07 bits per heavy atom. The van der Waals surface area contributed by atoms with Crippen molar-refractivity contribution in [3.63, 3.8) is 0 Å². The summed E-state index contributed by atoms with van der Waals surface area (Å²) in [5, 5.41) is 3.45. The summed E-state index contributed by atoms with van der Waals surface area (Å²) in [6.07, 6.45) is 4.62. The predicted molar refractivity (Wildman–Crippen MR) is 56.6 cm³/mol. The minimum atomic E-state index is 0.660. The van der Waals surface area contributed by atoms with E-state index in [1.54, 1.807) is 0 Å². The van der Waals surface area contributed by atoms with Crippen molar-refractivity contribution in [3.05, 3.63) is 30.2 Å². The first-order chi connectivity index (χ1) is 6.84. The molecule has 14 heavy (non-hydrogen) atoms. The van der Waals surface area contributed by atoms with E-state index >= 15 is 0 Å². The summed E-state index contributed by atoms with van der Waals surface area (Å²) >= 11 is 0. The molecule has 2 aromatic rings.